The van der Waals surface area contributed by atoms with E-state index in [0.29, 0.717) is 0 Å². The number of benzene rings is 4. The Bertz CT molecular complexity index is 2400. The molecule has 0 heterocycles. The molecule has 0 radical (unpaired) electrons. The Labute approximate surface area is 393 Å². The van der Waals surface area contributed by atoms with Gasteiger partial charge in [0.25, 0.3) is 17.7 Å². The number of aliphatic hydroxyl groups excluding tert-OH is 3. The number of hydrogen-bond acceptors (Lipinski definition) is 18. The molecule has 366 valence electrons. The number of carbonyl (C=O) groups is 6. The van der Waals surface area contributed by atoms with Crippen LogP contribution in [0.5, 0.6) is 34.5 Å². The number of carbonyl (C=O) groups excluding carboxylic acids is 6. The van der Waals surface area contributed by atoms with Crippen LogP contribution in [0.3, 0.4) is 0 Å². The van der Waals surface area contributed by atoms with Crippen molar-refractivity contribution < 1.29 is 88.9 Å². The first-order chi connectivity index (χ1) is 32.5. The maximum absolute atomic E-state index is 13.8. The number of hydrogen-bond donors (Lipinski definition) is 12. The third-order valence-corrected chi connectivity index (χ3v) is 10.2. The summed E-state index contributed by atoms with van der Waals surface area (Å²) in [5.41, 5.74) is -4.13. The molecular formula is C48H51N3O18. The largest absolute Gasteiger partial charge is 0.504 e. The van der Waals surface area contributed by atoms with Crippen molar-refractivity contribution in [3.8, 4) is 34.5 Å². The molecule has 0 spiro atoms. The van der Waals surface area contributed by atoms with Crippen LogP contribution in [-0.4, -0.2) is 101 Å². The number of rotatable bonds is 21. The highest BCUT2D eigenvalue weighted by atomic mass is 16.6. The van der Waals surface area contributed by atoms with Crippen molar-refractivity contribution in [3.05, 3.63) is 141 Å². The van der Waals surface area contributed by atoms with Crippen molar-refractivity contribution in [2.24, 2.45) is 0 Å². The van der Waals surface area contributed by atoms with E-state index in [4.69, 9.17) is 14.2 Å². The normalized spacial score (nSPS) is 12.1. The van der Waals surface area contributed by atoms with Gasteiger partial charge >= 0.3 is 17.9 Å². The summed E-state index contributed by atoms with van der Waals surface area (Å²) in [5.74, 6) is -10.9. The van der Waals surface area contributed by atoms with E-state index in [1.807, 2.05) is 0 Å². The third-order valence-electron chi connectivity index (χ3n) is 10.2. The summed E-state index contributed by atoms with van der Waals surface area (Å²) in [6, 6.07) is 10.3. The van der Waals surface area contributed by atoms with Gasteiger partial charge in [0.1, 0.15) is 38.1 Å². The van der Waals surface area contributed by atoms with Gasteiger partial charge in [-0.25, -0.2) is 14.4 Å². The molecule has 0 aliphatic carbocycles. The van der Waals surface area contributed by atoms with Crippen molar-refractivity contribution >= 4 is 35.6 Å². The van der Waals surface area contributed by atoms with Gasteiger partial charge in [-0.2, -0.15) is 0 Å². The number of esters is 3. The van der Waals surface area contributed by atoms with E-state index in [1.54, 1.807) is 0 Å². The van der Waals surface area contributed by atoms with E-state index >= 15 is 0 Å². The lowest BCUT2D eigenvalue weighted by Gasteiger charge is -2.32. The molecule has 0 aliphatic rings. The Kier molecular flexibility index (Phi) is 18.0. The van der Waals surface area contributed by atoms with E-state index in [0.717, 1.165) is 36.4 Å². The highest BCUT2D eigenvalue weighted by molar-refractivity contribution is 5.99. The number of amides is 3. The minimum absolute atomic E-state index is 0.117. The lowest BCUT2D eigenvalue weighted by molar-refractivity contribution is -0.142. The number of para-hydroxylation sites is 3. The maximum Gasteiger partial charge on any atom is 0.333 e. The van der Waals surface area contributed by atoms with E-state index in [2.05, 4.69) is 35.7 Å². The summed E-state index contributed by atoms with van der Waals surface area (Å²) in [6.45, 7) is 9.15. The molecule has 0 bridgehead atoms. The maximum atomic E-state index is 13.8. The van der Waals surface area contributed by atoms with E-state index in [-0.39, 0.29) is 33.4 Å². The standard InChI is InChI=1S/C48H51N3O18/c1-22(2)46(64)67-19-34(55)37-28(16-49-43(61)25-10-7-13-31(52)40(25)58)38(35(56)20-68-47(65)23(3)4)30(18-51-45(63)27-12-9-15-33(54)42(27)60)39(36(57)21-69-48(66)24(5)6)29(37)17-50-44(62)26-11-8-14-32(53)41(26)59/h7-15,34-36,52-60H,1,3,5,16-21H2,2,4,6H3,(H,49,61)(H,50,62)(H,51,63)/t34-,35-,36-/m1/s1. The highest BCUT2D eigenvalue weighted by Crippen LogP contribution is 2.41. The quantitative estimate of drug-likeness (QED) is 0.0247. The lowest BCUT2D eigenvalue weighted by Crippen LogP contribution is -2.33. The van der Waals surface area contributed by atoms with E-state index in [9.17, 15) is 74.7 Å². The highest BCUT2D eigenvalue weighted by Gasteiger charge is 2.35. The molecule has 0 unspecified atom stereocenters. The Hall–Kier alpha value is -8.40. The molecule has 4 aromatic rings. The average Bonchev–Trinajstić information content (AvgIpc) is 3.30. The predicted molar refractivity (Wildman–Crippen MR) is 241 cm³/mol. The Morgan fingerprint density at radius 1 is 0.449 bits per heavy atom. The second-order valence-electron chi connectivity index (χ2n) is 15.4. The summed E-state index contributed by atoms with van der Waals surface area (Å²) in [5, 5.41) is 106. The fourth-order valence-corrected chi connectivity index (χ4v) is 6.78. The van der Waals surface area contributed by atoms with Gasteiger partial charge in [-0.05, 0) is 90.6 Å². The van der Waals surface area contributed by atoms with E-state index in [1.165, 1.54) is 39.0 Å². The summed E-state index contributed by atoms with van der Waals surface area (Å²) in [7, 11) is 0. The molecule has 4 aromatic carbocycles. The second kappa shape index (κ2) is 23.4. The molecule has 3 atom stereocenters. The zero-order chi connectivity index (χ0) is 51.4. The van der Waals surface area contributed by atoms with E-state index < -0.39 is 161 Å². The number of aromatic hydroxyl groups is 6. The van der Waals surface area contributed by atoms with Crippen LogP contribution >= 0.6 is 0 Å². The molecule has 12 N–H and O–H groups in total. The number of aliphatic hydroxyl groups is 3. The first-order valence-corrected chi connectivity index (χ1v) is 20.6. The Morgan fingerprint density at radius 2 is 0.681 bits per heavy atom. The molecule has 21 heteroatoms. The van der Waals surface area contributed by atoms with Gasteiger partial charge in [-0.1, -0.05) is 37.9 Å². The van der Waals surface area contributed by atoms with Crippen LogP contribution in [0, 0.1) is 0 Å². The molecule has 0 fully saturated rings. The van der Waals surface area contributed by atoms with Crippen LogP contribution in [0.15, 0.2) is 91.1 Å². The Balaban J connectivity index is 2.18. The SMILES string of the molecule is C=C(C)C(=O)OC[C@@H](O)c1c(CNC(=O)c2cccc(O)c2O)c([C@H](O)COC(=O)C(=C)C)c(CNC(=O)c2cccc(O)c2O)c([C@H](O)COC(=O)C(=C)C)c1CNC(=O)c1cccc(O)c1O. The van der Waals surface area contributed by atoms with Gasteiger partial charge in [0.2, 0.25) is 0 Å². The number of ether oxygens (including phenoxy) is 3. The van der Waals surface area contributed by atoms with Gasteiger partial charge in [-0.3, -0.25) is 14.4 Å². The first kappa shape index (κ1) is 53.2. The number of phenols is 6. The molecule has 4 rings (SSSR count). The zero-order valence-electron chi connectivity index (χ0n) is 37.5. The van der Waals surface area contributed by atoms with Gasteiger partial charge < -0.3 is 76.1 Å². The monoisotopic (exact) mass is 957 g/mol. The number of nitrogens with one attached hydrogen (secondary N) is 3. The van der Waals surface area contributed by atoms with Crippen LogP contribution in [0.2, 0.25) is 0 Å². The first-order valence-electron chi connectivity index (χ1n) is 20.6. The number of phenolic OH excluding ortho intramolecular Hbond substituents is 6. The molecule has 3 amide bonds. The third kappa shape index (κ3) is 12.9. The van der Waals surface area contributed by atoms with Crippen molar-refractivity contribution in [2.45, 2.75) is 58.7 Å². The van der Waals surface area contributed by atoms with Crippen molar-refractivity contribution in [1.82, 2.24) is 16.0 Å². The zero-order valence-corrected chi connectivity index (χ0v) is 37.5. The molecule has 0 saturated carbocycles. The predicted octanol–water partition coefficient (Wildman–Crippen LogP) is 3.17. The molecule has 0 aromatic heterocycles. The summed E-state index contributed by atoms with van der Waals surface area (Å²) in [6.07, 6.45) is -6.22. The topological polar surface area (TPSA) is 348 Å². The molecular weight excluding hydrogens is 907 g/mol. The van der Waals surface area contributed by atoms with Crippen molar-refractivity contribution in [3.63, 3.8) is 0 Å². The molecule has 21 nitrogen and oxygen atoms in total. The fourth-order valence-electron chi connectivity index (χ4n) is 6.78. The summed E-state index contributed by atoms with van der Waals surface area (Å²) >= 11 is 0. The molecule has 0 aliphatic heterocycles. The lowest BCUT2D eigenvalue weighted by atomic mass is 9.80. The van der Waals surface area contributed by atoms with Crippen LogP contribution in [0.4, 0.5) is 0 Å². The fraction of sp³-hybridized carbons (Fsp3) is 0.250. The minimum Gasteiger partial charge on any atom is -0.504 e. The minimum atomic E-state index is -2.07. The molecule has 0 saturated heterocycles. The average molecular weight is 958 g/mol. The van der Waals surface area contributed by atoms with Gasteiger partial charge in [0, 0.05) is 36.4 Å². The molecule has 69 heavy (non-hydrogen) atoms. The van der Waals surface area contributed by atoms with Crippen LogP contribution in [0.1, 0.15) is 104 Å². The van der Waals surface area contributed by atoms with Crippen LogP contribution in [0.25, 0.3) is 0 Å². The van der Waals surface area contributed by atoms with Gasteiger partial charge in [0.05, 0.1) is 16.7 Å². The second-order valence-corrected chi connectivity index (χ2v) is 15.4. The van der Waals surface area contributed by atoms with Crippen molar-refractivity contribution in [2.75, 3.05) is 19.8 Å². The van der Waals surface area contributed by atoms with Crippen molar-refractivity contribution in [1.29, 1.82) is 0 Å². The Morgan fingerprint density at radius 3 is 0.899 bits per heavy atom. The van der Waals surface area contributed by atoms with Crippen LogP contribution in [-0.2, 0) is 48.2 Å². The van der Waals surface area contributed by atoms with Gasteiger partial charge in [0.15, 0.2) is 34.5 Å². The van der Waals surface area contributed by atoms with Crippen LogP contribution < -0.4 is 16.0 Å². The summed E-state index contributed by atoms with van der Waals surface area (Å²) < 4.78 is 15.9. The smallest absolute Gasteiger partial charge is 0.333 e. The summed E-state index contributed by atoms with van der Waals surface area (Å²) in [4.78, 5) is 79.5. The van der Waals surface area contributed by atoms with Gasteiger partial charge in [-0.15, -0.1) is 0 Å².